The standard InChI is InChI=1S/C24H33F3N4O3/c1-4-29(5-2)22(32)30-9-8-19-14-31(16-23(19,15-30)17-34-11-10-33-3)20-7-6-18(13-28)21(12-20)24(25,26)27/h6-7,12,19H,4-5,8-11,14-17H2,1-3H3/t19-,23+/m1/s1. The monoisotopic (exact) mass is 482 g/mol. The Kier molecular flexibility index (Phi) is 8.31. The molecule has 3 rings (SSSR count). The zero-order chi connectivity index (χ0) is 24.9. The van der Waals surface area contributed by atoms with Crippen molar-refractivity contribution >= 4 is 11.7 Å². The summed E-state index contributed by atoms with van der Waals surface area (Å²) in [5.74, 6) is 0.167. The molecule has 2 fully saturated rings. The zero-order valence-electron chi connectivity index (χ0n) is 20.0. The minimum absolute atomic E-state index is 0.0177. The van der Waals surface area contributed by atoms with Gasteiger partial charge in [0, 0.05) is 57.5 Å². The summed E-state index contributed by atoms with van der Waals surface area (Å²) in [6.07, 6.45) is -3.86. The number of rotatable bonds is 8. The lowest BCUT2D eigenvalue weighted by Gasteiger charge is -2.45. The van der Waals surface area contributed by atoms with E-state index in [4.69, 9.17) is 14.7 Å². The summed E-state index contributed by atoms with van der Waals surface area (Å²) in [5.41, 5.74) is -1.28. The molecular weight excluding hydrogens is 449 g/mol. The third-order valence-electron chi connectivity index (χ3n) is 6.99. The molecule has 34 heavy (non-hydrogen) atoms. The van der Waals surface area contributed by atoms with Crippen LogP contribution in [0.2, 0.25) is 0 Å². The van der Waals surface area contributed by atoms with Crippen LogP contribution in [-0.2, 0) is 15.7 Å². The second-order valence-corrected chi connectivity index (χ2v) is 8.99. The average Bonchev–Trinajstić information content (AvgIpc) is 3.20. The molecule has 0 N–H and O–H groups in total. The molecule has 0 bridgehead atoms. The maximum Gasteiger partial charge on any atom is 0.417 e. The number of nitrogens with zero attached hydrogens (tertiary/aromatic N) is 4. The van der Waals surface area contributed by atoms with Crippen LogP contribution in [0.4, 0.5) is 23.7 Å². The topological polar surface area (TPSA) is 69.0 Å². The van der Waals surface area contributed by atoms with Crippen molar-refractivity contribution < 1.29 is 27.4 Å². The Morgan fingerprint density at radius 1 is 1.26 bits per heavy atom. The Bertz CT molecular complexity index is 900. The molecule has 0 saturated carbocycles. The van der Waals surface area contributed by atoms with Gasteiger partial charge in [-0.3, -0.25) is 0 Å². The Labute approximate surface area is 199 Å². The molecule has 2 aliphatic rings. The molecule has 0 aromatic heterocycles. The molecule has 0 aliphatic carbocycles. The van der Waals surface area contributed by atoms with Crippen LogP contribution < -0.4 is 4.90 Å². The summed E-state index contributed by atoms with van der Waals surface area (Å²) in [6, 6.07) is 5.49. The molecule has 10 heteroatoms. The number of alkyl halides is 3. The molecular formula is C24H33F3N4O3. The fourth-order valence-electron chi connectivity index (χ4n) is 5.12. The van der Waals surface area contributed by atoms with Crippen molar-refractivity contribution in [3.8, 4) is 6.07 Å². The number of ether oxygens (including phenoxy) is 2. The smallest absolute Gasteiger partial charge is 0.382 e. The van der Waals surface area contributed by atoms with Gasteiger partial charge in [0.25, 0.3) is 0 Å². The maximum absolute atomic E-state index is 13.5. The Morgan fingerprint density at radius 2 is 2.00 bits per heavy atom. The van der Waals surface area contributed by atoms with Gasteiger partial charge < -0.3 is 24.2 Å². The predicted molar refractivity (Wildman–Crippen MR) is 121 cm³/mol. The molecule has 2 saturated heterocycles. The SMILES string of the molecule is CCN(CC)C(=O)N1CC[C@@H]2CN(c3ccc(C#N)c(C(F)(F)F)c3)C[C@]2(COCCOC)C1. The van der Waals surface area contributed by atoms with Crippen LogP contribution in [0.3, 0.4) is 0 Å². The molecule has 2 atom stereocenters. The molecule has 2 heterocycles. The van der Waals surface area contributed by atoms with E-state index < -0.39 is 17.2 Å². The van der Waals surface area contributed by atoms with Crippen LogP contribution in [-0.4, -0.2) is 82.0 Å². The lowest BCUT2D eigenvalue weighted by Crippen LogP contribution is -2.56. The van der Waals surface area contributed by atoms with Gasteiger partial charge in [-0.2, -0.15) is 18.4 Å². The highest BCUT2D eigenvalue weighted by Crippen LogP contribution is 2.45. The van der Waals surface area contributed by atoms with Gasteiger partial charge in [-0.1, -0.05) is 0 Å². The first-order chi connectivity index (χ1) is 16.2. The summed E-state index contributed by atoms with van der Waals surface area (Å²) in [7, 11) is 1.59. The number of halogens is 3. The normalized spacial score (nSPS) is 22.4. The van der Waals surface area contributed by atoms with Crippen molar-refractivity contribution in [1.29, 1.82) is 5.26 Å². The van der Waals surface area contributed by atoms with Crippen molar-refractivity contribution in [2.45, 2.75) is 26.4 Å². The van der Waals surface area contributed by atoms with Crippen molar-refractivity contribution in [2.75, 3.05) is 71.1 Å². The van der Waals surface area contributed by atoms with Crippen molar-refractivity contribution in [1.82, 2.24) is 9.80 Å². The summed E-state index contributed by atoms with van der Waals surface area (Å²) in [4.78, 5) is 18.6. The Balaban J connectivity index is 1.88. The third-order valence-corrected chi connectivity index (χ3v) is 6.99. The number of piperidine rings is 1. The van der Waals surface area contributed by atoms with E-state index in [0.717, 1.165) is 12.5 Å². The first kappa shape index (κ1) is 26.1. The Hall–Kier alpha value is -2.51. The van der Waals surface area contributed by atoms with Crippen LogP contribution in [0.25, 0.3) is 0 Å². The van der Waals surface area contributed by atoms with Crippen LogP contribution in [0.5, 0.6) is 0 Å². The van der Waals surface area contributed by atoms with Crippen LogP contribution in [0.1, 0.15) is 31.4 Å². The summed E-state index contributed by atoms with van der Waals surface area (Å²) in [6.45, 7) is 8.49. The number of anilines is 1. The number of urea groups is 1. The molecule has 1 aromatic rings. The number of fused-ring (bicyclic) bond motifs is 1. The molecule has 188 valence electrons. The number of carbonyl (C=O) groups is 1. The highest BCUT2D eigenvalue weighted by Gasteiger charge is 2.51. The number of hydrogen-bond acceptors (Lipinski definition) is 5. The number of amides is 2. The maximum atomic E-state index is 13.5. The van der Waals surface area contributed by atoms with E-state index >= 15 is 0 Å². The van der Waals surface area contributed by atoms with Crippen molar-refractivity contribution in [2.24, 2.45) is 11.3 Å². The Morgan fingerprint density at radius 3 is 2.62 bits per heavy atom. The summed E-state index contributed by atoms with van der Waals surface area (Å²) < 4.78 is 51.6. The molecule has 0 spiro atoms. The van der Waals surface area contributed by atoms with E-state index in [1.165, 1.54) is 6.07 Å². The van der Waals surface area contributed by atoms with Gasteiger partial charge in [0.15, 0.2) is 0 Å². The van der Waals surface area contributed by atoms with E-state index in [1.807, 2.05) is 23.6 Å². The molecule has 0 unspecified atom stereocenters. The van der Waals surface area contributed by atoms with Crippen LogP contribution in [0, 0.1) is 22.7 Å². The van der Waals surface area contributed by atoms with Gasteiger partial charge in [0.1, 0.15) is 0 Å². The third kappa shape index (κ3) is 5.41. The fraction of sp³-hybridized carbons (Fsp3) is 0.667. The summed E-state index contributed by atoms with van der Waals surface area (Å²) >= 11 is 0. The van der Waals surface area contributed by atoms with E-state index in [-0.39, 0.29) is 17.5 Å². The summed E-state index contributed by atoms with van der Waals surface area (Å²) in [5, 5.41) is 9.12. The largest absolute Gasteiger partial charge is 0.417 e. The number of hydrogen-bond donors (Lipinski definition) is 0. The van der Waals surface area contributed by atoms with E-state index in [2.05, 4.69) is 0 Å². The van der Waals surface area contributed by atoms with Crippen LogP contribution >= 0.6 is 0 Å². The molecule has 7 nitrogen and oxygen atoms in total. The van der Waals surface area contributed by atoms with Gasteiger partial charge in [-0.05, 0) is 44.4 Å². The van der Waals surface area contributed by atoms with E-state index in [9.17, 15) is 18.0 Å². The van der Waals surface area contributed by atoms with Crippen LogP contribution in [0.15, 0.2) is 18.2 Å². The van der Waals surface area contributed by atoms with Crippen molar-refractivity contribution in [3.05, 3.63) is 29.3 Å². The second kappa shape index (κ2) is 10.8. The number of benzene rings is 1. The molecule has 2 amide bonds. The molecule has 2 aliphatic heterocycles. The van der Waals surface area contributed by atoms with Gasteiger partial charge >= 0.3 is 12.2 Å². The molecule has 1 aromatic carbocycles. The minimum atomic E-state index is -4.61. The fourth-order valence-corrected chi connectivity index (χ4v) is 5.12. The van der Waals surface area contributed by atoms with Crippen molar-refractivity contribution in [3.63, 3.8) is 0 Å². The lowest BCUT2D eigenvalue weighted by atomic mass is 9.74. The number of nitriles is 1. The highest BCUT2D eigenvalue weighted by atomic mass is 19.4. The molecule has 0 radical (unpaired) electrons. The second-order valence-electron chi connectivity index (χ2n) is 8.99. The quantitative estimate of drug-likeness (QED) is 0.527. The van der Waals surface area contributed by atoms with Gasteiger partial charge in [0.2, 0.25) is 0 Å². The average molecular weight is 483 g/mol. The predicted octanol–water partition coefficient (Wildman–Crippen LogP) is 3.83. The van der Waals surface area contributed by atoms with E-state index in [1.54, 1.807) is 24.1 Å². The first-order valence-electron chi connectivity index (χ1n) is 11.7. The minimum Gasteiger partial charge on any atom is -0.382 e. The first-order valence-corrected chi connectivity index (χ1v) is 11.7. The van der Waals surface area contributed by atoms with Gasteiger partial charge in [-0.25, -0.2) is 4.79 Å². The number of methoxy groups -OCH3 is 1. The number of likely N-dealkylation sites (tertiary alicyclic amines) is 1. The number of carbonyl (C=O) groups excluding carboxylic acids is 1. The van der Waals surface area contributed by atoms with Gasteiger partial charge in [-0.15, -0.1) is 0 Å². The lowest BCUT2D eigenvalue weighted by molar-refractivity contribution is -0.137. The van der Waals surface area contributed by atoms with E-state index in [0.29, 0.717) is 64.8 Å². The zero-order valence-corrected chi connectivity index (χ0v) is 20.0. The van der Waals surface area contributed by atoms with Gasteiger partial charge in [0.05, 0.1) is 37.0 Å². The highest BCUT2D eigenvalue weighted by molar-refractivity contribution is 5.74.